The molecule has 1 fully saturated rings. The molecule has 1 saturated heterocycles. The molecule has 1 aliphatic heterocycles. The second-order valence-electron chi connectivity index (χ2n) is 5.21. The summed E-state index contributed by atoms with van der Waals surface area (Å²) in [6.07, 6.45) is 0.917. The van der Waals surface area contributed by atoms with Gasteiger partial charge in [-0.15, -0.1) is 0 Å². The molecule has 0 aromatic heterocycles. The maximum Gasteiger partial charge on any atom is 0.283 e. The summed E-state index contributed by atoms with van der Waals surface area (Å²) in [5, 5.41) is 21.1. The third kappa shape index (κ3) is 3.08. The fourth-order valence-corrected chi connectivity index (χ4v) is 2.36. The van der Waals surface area contributed by atoms with Crippen LogP contribution in [0.5, 0.6) is 0 Å². The molecule has 0 radical (unpaired) electrons. The molecule has 0 atom stereocenters. The van der Waals surface area contributed by atoms with E-state index in [4.69, 9.17) is 11.6 Å². The summed E-state index contributed by atoms with van der Waals surface area (Å²) in [6, 6.07) is 4.01. The highest BCUT2D eigenvalue weighted by atomic mass is 35.5. The summed E-state index contributed by atoms with van der Waals surface area (Å²) in [6.45, 7) is 2.48. The van der Waals surface area contributed by atoms with Crippen molar-refractivity contribution < 1.29 is 14.8 Å². The first-order chi connectivity index (χ1) is 9.30. The van der Waals surface area contributed by atoms with E-state index in [0.29, 0.717) is 25.9 Å². The minimum atomic E-state index is -0.775. The van der Waals surface area contributed by atoms with Gasteiger partial charge in [-0.2, -0.15) is 0 Å². The number of halogens is 1. The first kappa shape index (κ1) is 14.7. The third-order valence-corrected chi connectivity index (χ3v) is 3.75. The van der Waals surface area contributed by atoms with E-state index in [1.807, 2.05) is 0 Å². The van der Waals surface area contributed by atoms with E-state index in [9.17, 15) is 20.0 Å². The lowest BCUT2D eigenvalue weighted by Gasteiger charge is -2.35. The monoisotopic (exact) mass is 298 g/mol. The molecule has 1 aromatic carbocycles. The Morgan fingerprint density at radius 3 is 2.60 bits per heavy atom. The van der Waals surface area contributed by atoms with Crippen LogP contribution in [0.1, 0.15) is 30.1 Å². The fraction of sp³-hybridized carbons (Fsp3) is 0.462. The van der Waals surface area contributed by atoms with Crippen molar-refractivity contribution in [3.8, 4) is 0 Å². The lowest BCUT2D eigenvalue weighted by molar-refractivity contribution is -0.385. The van der Waals surface area contributed by atoms with E-state index in [0.717, 1.165) is 0 Å². The Bertz CT molecular complexity index is 549. The van der Waals surface area contributed by atoms with Gasteiger partial charge in [0.15, 0.2) is 0 Å². The van der Waals surface area contributed by atoms with E-state index < -0.39 is 16.4 Å². The maximum atomic E-state index is 12.3. The normalized spacial score (nSPS) is 17.9. The molecule has 108 valence electrons. The summed E-state index contributed by atoms with van der Waals surface area (Å²) in [5.74, 6) is -0.399. The molecule has 2 rings (SSSR count). The van der Waals surface area contributed by atoms with Gasteiger partial charge in [-0.3, -0.25) is 14.9 Å². The second-order valence-corrected chi connectivity index (χ2v) is 5.64. The fourth-order valence-electron chi connectivity index (χ4n) is 2.20. The molecular formula is C13H15ClN2O4. The lowest BCUT2D eigenvalue weighted by Crippen LogP contribution is -2.45. The molecule has 1 heterocycles. The Kier molecular flexibility index (Phi) is 3.96. The summed E-state index contributed by atoms with van der Waals surface area (Å²) in [5.41, 5.74) is -1.04. The number of carbonyl (C=O) groups excluding carboxylic acids is 1. The van der Waals surface area contributed by atoms with Crippen molar-refractivity contribution in [1.82, 2.24) is 4.90 Å². The van der Waals surface area contributed by atoms with Crippen LogP contribution >= 0.6 is 11.6 Å². The summed E-state index contributed by atoms with van der Waals surface area (Å²) >= 11 is 5.73. The van der Waals surface area contributed by atoms with E-state index in [1.54, 1.807) is 6.92 Å². The first-order valence-electron chi connectivity index (χ1n) is 6.26. The van der Waals surface area contributed by atoms with Crippen LogP contribution < -0.4 is 0 Å². The second kappa shape index (κ2) is 5.38. The van der Waals surface area contributed by atoms with Crippen LogP contribution in [-0.2, 0) is 0 Å². The minimum absolute atomic E-state index is 0.0287. The van der Waals surface area contributed by atoms with Crippen molar-refractivity contribution in [3.63, 3.8) is 0 Å². The van der Waals surface area contributed by atoms with E-state index >= 15 is 0 Å². The number of piperidine rings is 1. The summed E-state index contributed by atoms with van der Waals surface area (Å²) < 4.78 is 0. The largest absolute Gasteiger partial charge is 0.390 e. The number of nitro groups is 1. The lowest BCUT2D eigenvalue weighted by atomic mass is 9.93. The number of aliphatic hydroxyl groups is 1. The van der Waals surface area contributed by atoms with Crippen LogP contribution in [0.15, 0.2) is 18.2 Å². The van der Waals surface area contributed by atoms with Crippen LogP contribution in [0.2, 0.25) is 5.02 Å². The van der Waals surface area contributed by atoms with Gasteiger partial charge >= 0.3 is 0 Å². The van der Waals surface area contributed by atoms with Gasteiger partial charge in [0.2, 0.25) is 0 Å². The predicted octanol–water partition coefficient (Wildman–Crippen LogP) is 2.24. The van der Waals surface area contributed by atoms with Crippen LogP contribution in [0.3, 0.4) is 0 Å². The maximum absolute atomic E-state index is 12.3. The van der Waals surface area contributed by atoms with Gasteiger partial charge in [0.1, 0.15) is 5.56 Å². The number of benzene rings is 1. The van der Waals surface area contributed by atoms with Crippen molar-refractivity contribution >= 4 is 23.2 Å². The average molecular weight is 299 g/mol. The Morgan fingerprint density at radius 1 is 1.45 bits per heavy atom. The van der Waals surface area contributed by atoms with Crippen molar-refractivity contribution in [1.29, 1.82) is 0 Å². The minimum Gasteiger partial charge on any atom is -0.390 e. The molecule has 20 heavy (non-hydrogen) atoms. The zero-order valence-electron chi connectivity index (χ0n) is 11.0. The smallest absolute Gasteiger partial charge is 0.283 e. The number of carbonyl (C=O) groups is 1. The molecular weight excluding hydrogens is 284 g/mol. The molecule has 1 amide bonds. The van der Waals surface area contributed by atoms with Crippen LogP contribution in [0.4, 0.5) is 5.69 Å². The Hall–Kier alpha value is -1.66. The highest BCUT2D eigenvalue weighted by Gasteiger charge is 2.32. The van der Waals surface area contributed by atoms with Gasteiger partial charge in [0.05, 0.1) is 10.5 Å². The molecule has 0 saturated carbocycles. The predicted molar refractivity (Wildman–Crippen MR) is 73.9 cm³/mol. The zero-order valence-corrected chi connectivity index (χ0v) is 11.8. The zero-order chi connectivity index (χ0) is 14.9. The molecule has 1 aromatic rings. The highest BCUT2D eigenvalue weighted by molar-refractivity contribution is 6.31. The summed E-state index contributed by atoms with van der Waals surface area (Å²) in [7, 11) is 0. The molecule has 7 heteroatoms. The summed E-state index contributed by atoms with van der Waals surface area (Å²) in [4.78, 5) is 24.3. The quantitative estimate of drug-likeness (QED) is 0.670. The van der Waals surface area contributed by atoms with Crippen molar-refractivity contribution in [2.45, 2.75) is 25.4 Å². The Morgan fingerprint density at radius 2 is 2.05 bits per heavy atom. The number of amides is 1. The number of nitrogens with zero attached hydrogens (tertiary/aromatic N) is 2. The van der Waals surface area contributed by atoms with Gasteiger partial charge in [0.25, 0.3) is 11.6 Å². The van der Waals surface area contributed by atoms with Gasteiger partial charge in [0, 0.05) is 24.2 Å². The first-order valence-corrected chi connectivity index (χ1v) is 6.63. The third-order valence-electron chi connectivity index (χ3n) is 3.51. The van der Waals surface area contributed by atoms with Crippen molar-refractivity contribution in [2.24, 2.45) is 0 Å². The van der Waals surface area contributed by atoms with Gasteiger partial charge in [-0.1, -0.05) is 11.6 Å². The molecule has 0 unspecified atom stereocenters. The van der Waals surface area contributed by atoms with E-state index in [1.165, 1.54) is 23.1 Å². The van der Waals surface area contributed by atoms with Crippen LogP contribution in [0.25, 0.3) is 0 Å². The van der Waals surface area contributed by atoms with Gasteiger partial charge < -0.3 is 10.0 Å². The van der Waals surface area contributed by atoms with Crippen molar-refractivity contribution in [2.75, 3.05) is 13.1 Å². The molecule has 1 aliphatic rings. The molecule has 0 bridgehead atoms. The van der Waals surface area contributed by atoms with Crippen molar-refractivity contribution in [3.05, 3.63) is 38.9 Å². The molecule has 0 spiro atoms. The standard InChI is InChI=1S/C13H15ClN2O4/c1-13(18)4-6-15(7-5-13)12(17)10-3-2-9(14)8-11(10)16(19)20/h2-3,8,18H,4-7H2,1H3. The van der Waals surface area contributed by atoms with Gasteiger partial charge in [-0.05, 0) is 31.9 Å². The number of rotatable bonds is 2. The Labute approximate surface area is 121 Å². The molecule has 1 N–H and O–H groups in total. The average Bonchev–Trinajstić information content (AvgIpc) is 2.37. The Balaban J connectivity index is 2.24. The van der Waals surface area contributed by atoms with Crippen LogP contribution in [0, 0.1) is 10.1 Å². The van der Waals surface area contributed by atoms with Gasteiger partial charge in [-0.25, -0.2) is 0 Å². The topological polar surface area (TPSA) is 83.7 Å². The highest BCUT2D eigenvalue weighted by Crippen LogP contribution is 2.27. The number of hydrogen-bond acceptors (Lipinski definition) is 4. The van der Waals surface area contributed by atoms with E-state index in [-0.39, 0.29) is 16.3 Å². The number of likely N-dealkylation sites (tertiary alicyclic amines) is 1. The number of hydrogen-bond donors (Lipinski definition) is 1. The molecule has 0 aliphatic carbocycles. The SMILES string of the molecule is CC1(O)CCN(C(=O)c2ccc(Cl)cc2[N+](=O)[O-])CC1. The van der Waals surface area contributed by atoms with E-state index in [2.05, 4.69) is 0 Å². The number of nitro benzene ring substituents is 1. The van der Waals surface area contributed by atoms with Crippen LogP contribution in [-0.4, -0.2) is 39.5 Å². The molecule has 6 nitrogen and oxygen atoms in total.